The summed E-state index contributed by atoms with van der Waals surface area (Å²) >= 11 is 1.75. The molecular weight excluding hydrogens is 344 g/mol. The third-order valence-corrected chi connectivity index (χ3v) is 5.49. The van der Waals surface area contributed by atoms with Crippen LogP contribution < -0.4 is 0 Å². The van der Waals surface area contributed by atoms with E-state index in [1.807, 2.05) is 47.5 Å². The number of pyridine rings is 1. The largest absolute Gasteiger partial charge is 0.445 e. The van der Waals surface area contributed by atoms with Gasteiger partial charge < -0.3 is 9.64 Å². The molecule has 2 aromatic rings. The molecular formula is C21H26N2O2S. The first-order valence-corrected chi connectivity index (χ1v) is 10.1. The van der Waals surface area contributed by atoms with Crippen molar-refractivity contribution in [2.24, 2.45) is 0 Å². The summed E-state index contributed by atoms with van der Waals surface area (Å²) in [5, 5.41) is 1.47. The van der Waals surface area contributed by atoms with Crippen LogP contribution in [0.1, 0.15) is 50.3 Å². The Hall–Kier alpha value is -2.01. The van der Waals surface area contributed by atoms with Crippen molar-refractivity contribution < 1.29 is 9.53 Å². The fraction of sp³-hybridized carbons (Fsp3) is 0.429. The first kappa shape index (κ1) is 18.8. The van der Waals surface area contributed by atoms with Crippen LogP contribution in [0.2, 0.25) is 0 Å². The molecule has 0 aliphatic carbocycles. The van der Waals surface area contributed by atoms with E-state index in [-0.39, 0.29) is 12.1 Å². The van der Waals surface area contributed by atoms with Gasteiger partial charge in [-0.2, -0.15) is 0 Å². The van der Waals surface area contributed by atoms with Crippen LogP contribution in [0.4, 0.5) is 4.79 Å². The lowest BCUT2D eigenvalue weighted by Crippen LogP contribution is -2.39. The van der Waals surface area contributed by atoms with Gasteiger partial charge in [-0.15, -0.1) is 11.8 Å². The molecule has 1 aliphatic rings. The Morgan fingerprint density at radius 2 is 2.04 bits per heavy atom. The highest BCUT2D eigenvalue weighted by Crippen LogP contribution is 2.37. The number of aromatic nitrogens is 1. The van der Waals surface area contributed by atoms with E-state index in [1.165, 1.54) is 0 Å². The predicted molar refractivity (Wildman–Crippen MR) is 105 cm³/mol. The van der Waals surface area contributed by atoms with Gasteiger partial charge >= 0.3 is 6.09 Å². The second-order valence-corrected chi connectivity index (χ2v) is 8.37. The van der Waals surface area contributed by atoms with Crippen molar-refractivity contribution in [1.29, 1.82) is 0 Å². The summed E-state index contributed by atoms with van der Waals surface area (Å²) in [6, 6.07) is 13.9. The molecule has 3 rings (SSSR count). The van der Waals surface area contributed by atoms with Crippen molar-refractivity contribution in [2.45, 2.75) is 56.0 Å². The Morgan fingerprint density at radius 3 is 2.81 bits per heavy atom. The van der Waals surface area contributed by atoms with Crippen LogP contribution in [-0.2, 0) is 11.3 Å². The number of hydrogen-bond acceptors (Lipinski definition) is 4. The van der Waals surface area contributed by atoms with E-state index in [1.54, 1.807) is 11.8 Å². The van der Waals surface area contributed by atoms with Gasteiger partial charge in [-0.1, -0.05) is 50.2 Å². The second-order valence-electron chi connectivity index (χ2n) is 6.81. The molecule has 0 saturated carbocycles. The monoisotopic (exact) mass is 370 g/mol. The highest BCUT2D eigenvalue weighted by Gasteiger charge is 2.31. The van der Waals surface area contributed by atoms with E-state index >= 15 is 0 Å². The first-order valence-electron chi connectivity index (χ1n) is 9.24. The lowest BCUT2D eigenvalue weighted by molar-refractivity contribution is 0.0672. The number of piperidine rings is 1. The lowest BCUT2D eigenvalue weighted by atomic mass is 9.97. The summed E-state index contributed by atoms with van der Waals surface area (Å²) in [6.07, 6.45) is 4.69. The molecule has 1 saturated heterocycles. The Kier molecular flexibility index (Phi) is 6.56. The summed E-state index contributed by atoms with van der Waals surface area (Å²) in [4.78, 5) is 19.2. The van der Waals surface area contributed by atoms with E-state index in [2.05, 4.69) is 24.9 Å². The normalized spacial score (nSPS) is 17.3. The summed E-state index contributed by atoms with van der Waals surface area (Å²) in [7, 11) is 0. The Balaban J connectivity index is 1.74. The van der Waals surface area contributed by atoms with Gasteiger partial charge in [0.15, 0.2) is 0 Å². The molecule has 0 bridgehead atoms. The fourth-order valence-corrected chi connectivity index (χ4v) is 4.16. The van der Waals surface area contributed by atoms with Gasteiger partial charge in [-0.25, -0.2) is 9.78 Å². The van der Waals surface area contributed by atoms with Crippen molar-refractivity contribution in [3.05, 3.63) is 59.8 Å². The van der Waals surface area contributed by atoms with E-state index in [0.717, 1.165) is 42.0 Å². The SMILES string of the molecule is CC(C)Sc1ncccc1[C@@H]1CCCCN1C(=O)OCc1ccccc1. The molecule has 1 aromatic heterocycles. The molecule has 1 fully saturated rings. The van der Waals surface area contributed by atoms with Crippen LogP contribution in [0.5, 0.6) is 0 Å². The molecule has 1 amide bonds. The Labute approximate surface area is 160 Å². The summed E-state index contributed by atoms with van der Waals surface area (Å²) in [5.41, 5.74) is 2.15. The minimum absolute atomic E-state index is 0.0435. The number of benzene rings is 1. The number of rotatable bonds is 5. The molecule has 2 heterocycles. The van der Waals surface area contributed by atoms with Crippen LogP contribution in [-0.4, -0.2) is 27.8 Å². The Morgan fingerprint density at radius 1 is 1.23 bits per heavy atom. The molecule has 138 valence electrons. The summed E-state index contributed by atoms with van der Waals surface area (Å²) in [5.74, 6) is 0. The van der Waals surface area contributed by atoms with Crippen molar-refractivity contribution in [3.8, 4) is 0 Å². The number of ether oxygens (including phenoxy) is 1. The molecule has 0 spiro atoms. The number of nitrogens with zero attached hydrogens (tertiary/aromatic N) is 2. The van der Waals surface area contributed by atoms with Crippen molar-refractivity contribution in [3.63, 3.8) is 0 Å². The maximum atomic E-state index is 12.8. The summed E-state index contributed by atoms with van der Waals surface area (Å²) < 4.78 is 5.60. The van der Waals surface area contributed by atoms with Crippen LogP contribution in [0, 0.1) is 0 Å². The van der Waals surface area contributed by atoms with Gasteiger partial charge in [0.2, 0.25) is 0 Å². The topological polar surface area (TPSA) is 42.4 Å². The molecule has 5 heteroatoms. The van der Waals surface area contributed by atoms with Crippen LogP contribution in [0.3, 0.4) is 0 Å². The van der Waals surface area contributed by atoms with Gasteiger partial charge in [0.1, 0.15) is 11.6 Å². The maximum absolute atomic E-state index is 12.8. The molecule has 26 heavy (non-hydrogen) atoms. The summed E-state index contributed by atoms with van der Waals surface area (Å²) in [6.45, 7) is 5.37. The zero-order valence-corrected chi connectivity index (χ0v) is 16.2. The van der Waals surface area contributed by atoms with Gasteiger partial charge in [-0.3, -0.25) is 0 Å². The molecule has 0 N–H and O–H groups in total. The molecule has 4 nitrogen and oxygen atoms in total. The average Bonchev–Trinajstić information content (AvgIpc) is 2.67. The quantitative estimate of drug-likeness (QED) is 0.657. The van der Waals surface area contributed by atoms with E-state index in [4.69, 9.17) is 4.74 Å². The minimum Gasteiger partial charge on any atom is -0.445 e. The maximum Gasteiger partial charge on any atom is 0.410 e. The smallest absolute Gasteiger partial charge is 0.410 e. The second kappa shape index (κ2) is 9.08. The van der Waals surface area contributed by atoms with Crippen molar-refractivity contribution >= 4 is 17.9 Å². The van der Waals surface area contributed by atoms with E-state index < -0.39 is 0 Å². The van der Waals surface area contributed by atoms with Crippen molar-refractivity contribution in [1.82, 2.24) is 9.88 Å². The number of thioether (sulfide) groups is 1. The van der Waals surface area contributed by atoms with E-state index in [0.29, 0.717) is 11.9 Å². The molecule has 1 atom stereocenters. The number of hydrogen-bond donors (Lipinski definition) is 0. The zero-order valence-electron chi connectivity index (χ0n) is 15.4. The van der Waals surface area contributed by atoms with Crippen LogP contribution in [0.15, 0.2) is 53.7 Å². The van der Waals surface area contributed by atoms with Gasteiger partial charge in [-0.05, 0) is 30.9 Å². The molecule has 0 radical (unpaired) electrons. The van der Waals surface area contributed by atoms with Crippen LogP contribution in [0.25, 0.3) is 0 Å². The fourth-order valence-electron chi connectivity index (χ4n) is 3.25. The third-order valence-electron chi connectivity index (χ3n) is 4.45. The number of carbonyl (C=O) groups is 1. The van der Waals surface area contributed by atoms with Gasteiger partial charge in [0.25, 0.3) is 0 Å². The van der Waals surface area contributed by atoms with Crippen molar-refractivity contribution in [2.75, 3.05) is 6.54 Å². The number of amides is 1. The third kappa shape index (κ3) is 4.79. The average molecular weight is 371 g/mol. The lowest BCUT2D eigenvalue weighted by Gasteiger charge is -2.35. The first-order chi connectivity index (χ1) is 12.6. The number of likely N-dealkylation sites (tertiary alicyclic amines) is 1. The number of carbonyl (C=O) groups excluding carboxylic acids is 1. The molecule has 1 aliphatic heterocycles. The molecule has 0 unspecified atom stereocenters. The minimum atomic E-state index is -0.233. The van der Waals surface area contributed by atoms with E-state index in [9.17, 15) is 4.79 Å². The predicted octanol–water partition coefficient (Wildman–Crippen LogP) is 5.45. The highest BCUT2D eigenvalue weighted by molar-refractivity contribution is 7.99. The highest BCUT2D eigenvalue weighted by atomic mass is 32.2. The standard InChI is InChI=1S/C21H26N2O2S/c1-16(2)26-20-18(11-8-13-22-20)19-12-6-7-14-23(19)21(24)25-15-17-9-4-3-5-10-17/h3-5,8-11,13,16,19H,6-7,12,14-15H2,1-2H3/t19-/m0/s1. The van der Waals surface area contributed by atoms with Gasteiger partial charge in [0.05, 0.1) is 6.04 Å². The zero-order chi connectivity index (χ0) is 18.4. The van der Waals surface area contributed by atoms with Crippen LogP contribution >= 0.6 is 11.8 Å². The molecule has 1 aromatic carbocycles. The Bertz CT molecular complexity index is 721. The van der Waals surface area contributed by atoms with Gasteiger partial charge in [0, 0.05) is 23.6 Å².